The number of hydrogen-bond acceptors (Lipinski definition) is 6. The Bertz CT molecular complexity index is 1210. The zero-order chi connectivity index (χ0) is 22.0. The van der Waals surface area contributed by atoms with Crippen LogP contribution in [0.2, 0.25) is 0 Å². The van der Waals surface area contributed by atoms with E-state index in [0.717, 1.165) is 47.0 Å². The number of piperidine rings is 1. The first-order chi connectivity index (χ1) is 14.9. The molecule has 9 heteroatoms. The summed E-state index contributed by atoms with van der Waals surface area (Å²) in [7, 11) is -2.35. The van der Waals surface area contributed by atoms with E-state index >= 15 is 0 Å². The molecular formula is C22H24N4O4S. The maximum Gasteiger partial charge on any atom is 0.274 e. The van der Waals surface area contributed by atoms with Crippen LogP contribution in [-0.2, 0) is 10.0 Å². The molecule has 4 rings (SSSR count). The normalized spacial score (nSPS) is 14.5. The van der Waals surface area contributed by atoms with Crippen molar-refractivity contribution >= 4 is 38.3 Å². The average molecular weight is 441 g/mol. The molecule has 1 aliphatic rings. The van der Waals surface area contributed by atoms with Gasteiger partial charge in [-0.2, -0.15) is 0 Å². The molecule has 2 heterocycles. The van der Waals surface area contributed by atoms with Gasteiger partial charge in [-0.15, -0.1) is 0 Å². The first-order valence-corrected chi connectivity index (χ1v) is 11.5. The zero-order valence-electron chi connectivity index (χ0n) is 17.2. The molecule has 2 aromatic carbocycles. The molecule has 2 N–H and O–H groups in total. The largest absolute Gasteiger partial charge is 0.357 e. The lowest BCUT2D eigenvalue weighted by Gasteiger charge is -2.27. The Kier molecular flexibility index (Phi) is 5.79. The molecular weight excluding hydrogens is 416 g/mol. The van der Waals surface area contributed by atoms with Gasteiger partial charge in [-0.05, 0) is 73.9 Å². The molecule has 1 aromatic heterocycles. The molecule has 1 amide bonds. The summed E-state index contributed by atoms with van der Waals surface area (Å²) in [5.41, 5.74) is 2.92. The second-order valence-electron chi connectivity index (χ2n) is 7.53. The molecule has 0 unspecified atom stereocenters. The maximum atomic E-state index is 13.1. The van der Waals surface area contributed by atoms with Gasteiger partial charge in [-0.3, -0.25) is 14.3 Å². The van der Waals surface area contributed by atoms with Gasteiger partial charge in [0.25, 0.3) is 15.9 Å². The first kappa shape index (κ1) is 21.1. The predicted octanol–water partition coefficient (Wildman–Crippen LogP) is 3.17. The van der Waals surface area contributed by atoms with Crippen molar-refractivity contribution in [1.82, 2.24) is 10.5 Å². The van der Waals surface area contributed by atoms with E-state index in [9.17, 15) is 13.2 Å². The van der Waals surface area contributed by atoms with Gasteiger partial charge in [0.2, 0.25) is 0 Å². The monoisotopic (exact) mass is 440 g/mol. The third-order valence-electron chi connectivity index (χ3n) is 5.58. The fourth-order valence-corrected chi connectivity index (χ4v) is 4.97. The van der Waals surface area contributed by atoms with Crippen LogP contribution in [0.5, 0.6) is 0 Å². The summed E-state index contributed by atoms with van der Waals surface area (Å²) < 4.78 is 27.4. The van der Waals surface area contributed by atoms with Crippen molar-refractivity contribution in [3.05, 3.63) is 60.2 Å². The lowest BCUT2D eigenvalue weighted by molar-refractivity contribution is 0.0706. The molecule has 1 saturated heterocycles. The number of hydrogen-bond donors (Lipinski definition) is 2. The molecule has 8 nitrogen and oxygen atoms in total. The number of sulfonamides is 1. The van der Waals surface area contributed by atoms with Crippen LogP contribution in [0.3, 0.4) is 0 Å². The number of rotatable bonds is 5. The van der Waals surface area contributed by atoms with E-state index in [4.69, 9.17) is 10.2 Å². The highest BCUT2D eigenvalue weighted by Gasteiger charge is 2.22. The minimum atomic E-state index is -3.81. The molecule has 1 aliphatic heterocycles. The summed E-state index contributed by atoms with van der Waals surface area (Å²) in [6, 6.07) is 14.7. The van der Waals surface area contributed by atoms with Gasteiger partial charge >= 0.3 is 0 Å². The SMILES string of the molecule is CN(c1ccc(C(=O)NO)cc1)S(=O)(=O)c1ccc2nc(N3CCCCC3)ccc2c1. The molecule has 0 radical (unpaired) electrons. The standard InChI is InChI=1S/C22H24N4O4S/c1-25(18-8-5-16(6-9-18)22(27)24-28)31(29,30)19-10-11-20-17(15-19)7-12-21(23-20)26-13-3-2-4-14-26/h5-12,15,28H,2-4,13-14H2,1H3,(H,24,27). The summed E-state index contributed by atoms with van der Waals surface area (Å²) in [4.78, 5) is 18.6. The van der Waals surface area contributed by atoms with Crippen LogP contribution in [0.1, 0.15) is 29.6 Å². The number of hydroxylamine groups is 1. The number of nitrogens with one attached hydrogen (secondary N) is 1. The summed E-state index contributed by atoms with van der Waals surface area (Å²) in [6.07, 6.45) is 3.57. The van der Waals surface area contributed by atoms with E-state index in [2.05, 4.69) is 4.90 Å². The molecule has 0 spiro atoms. The van der Waals surface area contributed by atoms with Crippen LogP contribution in [0.25, 0.3) is 10.9 Å². The second kappa shape index (κ2) is 8.52. The molecule has 162 valence electrons. The van der Waals surface area contributed by atoms with E-state index < -0.39 is 15.9 Å². The Hall–Kier alpha value is -3.17. The third-order valence-corrected chi connectivity index (χ3v) is 7.36. The smallest absolute Gasteiger partial charge is 0.274 e. The van der Waals surface area contributed by atoms with Crippen LogP contribution in [0.4, 0.5) is 11.5 Å². The highest BCUT2D eigenvalue weighted by atomic mass is 32.2. The summed E-state index contributed by atoms with van der Waals surface area (Å²) in [5, 5.41) is 9.46. The Morgan fingerprint density at radius 1 is 1.03 bits per heavy atom. The average Bonchev–Trinajstić information content (AvgIpc) is 2.83. The number of nitrogens with zero attached hydrogens (tertiary/aromatic N) is 3. The van der Waals surface area contributed by atoms with Crippen molar-refractivity contribution in [1.29, 1.82) is 0 Å². The van der Waals surface area contributed by atoms with E-state index in [0.29, 0.717) is 5.69 Å². The van der Waals surface area contributed by atoms with E-state index in [1.807, 2.05) is 12.1 Å². The summed E-state index contributed by atoms with van der Waals surface area (Å²) in [5.74, 6) is 0.259. The van der Waals surface area contributed by atoms with Gasteiger partial charge in [0.1, 0.15) is 5.82 Å². The highest BCUT2D eigenvalue weighted by Crippen LogP contribution is 2.27. The minimum absolute atomic E-state index is 0.159. The fourth-order valence-electron chi connectivity index (χ4n) is 3.74. The van der Waals surface area contributed by atoms with Crippen molar-refractivity contribution in [2.45, 2.75) is 24.2 Å². The van der Waals surface area contributed by atoms with Crippen LogP contribution in [0, 0.1) is 0 Å². The lowest BCUT2D eigenvalue weighted by atomic mass is 10.1. The number of pyridine rings is 1. The highest BCUT2D eigenvalue weighted by molar-refractivity contribution is 7.92. The van der Waals surface area contributed by atoms with Gasteiger partial charge in [-0.1, -0.05) is 0 Å². The molecule has 1 fully saturated rings. The van der Waals surface area contributed by atoms with Crippen molar-refractivity contribution < 1.29 is 18.4 Å². The van der Waals surface area contributed by atoms with E-state index in [1.54, 1.807) is 23.7 Å². The van der Waals surface area contributed by atoms with Gasteiger partial charge in [0, 0.05) is 31.1 Å². The number of amides is 1. The topological polar surface area (TPSA) is 103 Å². The second-order valence-corrected chi connectivity index (χ2v) is 9.50. The maximum absolute atomic E-state index is 13.1. The number of aromatic nitrogens is 1. The van der Waals surface area contributed by atoms with Crippen molar-refractivity contribution in [2.24, 2.45) is 0 Å². The van der Waals surface area contributed by atoms with Gasteiger partial charge in [0.05, 0.1) is 16.1 Å². The number of benzene rings is 2. The Morgan fingerprint density at radius 2 is 1.74 bits per heavy atom. The zero-order valence-corrected chi connectivity index (χ0v) is 18.0. The molecule has 31 heavy (non-hydrogen) atoms. The lowest BCUT2D eigenvalue weighted by Crippen LogP contribution is -2.30. The quantitative estimate of drug-likeness (QED) is 0.467. The molecule has 0 bridgehead atoms. The van der Waals surface area contributed by atoms with Gasteiger partial charge in [-0.25, -0.2) is 18.9 Å². The predicted molar refractivity (Wildman–Crippen MR) is 119 cm³/mol. The number of carbonyl (C=O) groups is 1. The Balaban J connectivity index is 1.61. The van der Waals surface area contributed by atoms with Crippen molar-refractivity contribution in [3.63, 3.8) is 0 Å². The van der Waals surface area contributed by atoms with Crippen molar-refractivity contribution in [3.8, 4) is 0 Å². The Morgan fingerprint density at radius 3 is 2.42 bits per heavy atom. The molecule has 0 aliphatic carbocycles. The van der Waals surface area contributed by atoms with Gasteiger partial charge < -0.3 is 4.90 Å². The van der Waals surface area contributed by atoms with E-state index in [1.165, 1.54) is 37.7 Å². The summed E-state index contributed by atoms with van der Waals surface area (Å²) >= 11 is 0. The van der Waals surface area contributed by atoms with Gasteiger partial charge in [0.15, 0.2) is 0 Å². The number of carbonyl (C=O) groups excluding carboxylic acids is 1. The van der Waals surface area contributed by atoms with Crippen LogP contribution >= 0.6 is 0 Å². The molecule has 0 saturated carbocycles. The van der Waals surface area contributed by atoms with E-state index in [-0.39, 0.29) is 10.5 Å². The summed E-state index contributed by atoms with van der Waals surface area (Å²) in [6.45, 7) is 1.99. The number of fused-ring (bicyclic) bond motifs is 1. The fraction of sp³-hybridized carbons (Fsp3) is 0.273. The van der Waals surface area contributed by atoms with Crippen LogP contribution < -0.4 is 14.7 Å². The Labute approximate surface area is 181 Å². The van der Waals surface area contributed by atoms with Crippen molar-refractivity contribution in [2.75, 3.05) is 29.3 Å². The van der Waals surface area contributed by atoms with Crippen LogP contribution in [0.15, 0.2) is 59.5 Å². The number of anilines is 2. The van der Waals surface area contributed by atoms with Crippen LogP contribution in [-0.4, -0.2) is 44.7 Å². The first-order valence-electron chi connectivity index (χ1n) is 10.1. The third kappa shape index (κ3) is 4.19. The molecule has 3 aromatic rings. The minimum Gasteiger partial charge on any atom is -0.357 e. The molecule has 0 atom stereocenters.